The maximum atomic E-state index is 12.2. The number of non-ortho nitro benzene ring substituents is 1. The van der Waals surface area contributed by atoms with E-state index in [2.05, 4.69) is 10.2 Å². The number of piperidine rings is 1. The van der Waals surface area contributed by atoms with Crippen molar-refractivity contribution in [1.29, 1.82) is 0 Å². The number of carbonyl (C=O) groups is 1. The van der Waals surface area contributed by atoms with Crippen molar-refractivity contribution in [3.8, 4) is 0 Å². The molecule has 1 aliphatic rings. The summed E-state index contributed by atoms with van der Waals surface area (Å²) in [6.45, 7) is 3.68. The molecule has 3 rings (SSSR count). The van der Waals surface area contributed by atoms with E-state index in [1.807, 2.05) is 37.3 Å². The molecule has 7 heteroatoms. The first-order valence-corrected chi connectivity index (χ1v) is 8.93. The van der Waals surface area contributed by atoms with Gasteiger partial charge in [-0.05, 0) is 37.5 Å². The number of benzene rings is 2. The third-order valence-electron chi connectivity index (χ3n) is 4.74. The highest BCUT2D eigenvalue weighted by atomic mass is 16.6. The number of alkyl carbamates (subject to hydrolysis) is 1. The molecule has 0 radical (unpaired) electrons. The highest BCUT2D eigenvalue weighted by molar-refractivity contribution is 5.68. The Morgan fingerprint density at radius 3 is 2.59 bits per heavy atom. The van der Waals surface area contributed by atoms with E-state index in [0.717, 1.165) is 30.6 Å². The normalized spacial score (nSPS) is 19.4. The first kappa shape index (κ1) is 18.7. The van der Waals surface area contributed by atoms with Crippen molar-refractivity contribution in [3.63, 3.8) is 0 Å². The van der Waals surface area contributed by atoms with Gasteiger partial charge in [0, 0.05) is 30.9 Å². The number of ether oxygens (including phenoxy) is 1. The summed E-state index contributed by atoms with van der Waals surface area (Å²) in [7, 11) is 0. The molecule has 1 atom stereocenters. The van der Waals surface area contributed by atoms with Gasteiger partial charge in [-0.1, -0.05) is 30.3 Å². The molecular weight excluding hydrogens is 346 g/mol. The molecule has 1 saturated heterocycles. The molecule has 0 saturated carbocycles. The Morgan fingerprint density at radius 1 is 1.22 bits per heavy atom. The molecule has 1 heterocycles. The van der Waals surface area contributed by atoms with Gasteiger partial charge in [-0.25, -0.2) is 4.79 Å². The lowest BCUT2D eigenvalue weighted by Crippen LogP contribution is -2.57. The monoisotopic (exact) mass is 369 g/mol. The summed E-state index contributed by atoms with van der Waals surface area (Å²) in [5.41, 5.74) is 1.49. The fourth-order valence-corrected chi connectivity index (χ4v) is 3.35. The van der Waals surface area contributed by atoms with Gasteiger partial charge >= 0.3 is 6.09 Å². The number of amides is 1. The summed E-state index contributed by atoms with van der Waals surface area (Å²) in [6, 6.07) is 16.0. The minimum absolute atomic E-state index is 0.0705. The van der Waals surface area contributed by atoms with Gasteiger partial charge in [0.2, 0.25) is 0 Å². The lowest BCUT2D eigenvalue weighted by molar-refractivity contribution is -0.384. The molecule has 27 heavy (non-hydrogen) atoms. The van der Waals surface area contributed by atoms with Crippen molar-refractivity contribution in [2.24, 2.45) is 0 Å². The van der Waals surface area contributed by atoms with Gasteiger partial charge in [-0.3, -0.25) is 10.1 Å². The number of anilines is 1. The van der Waals surface area contributed by atoms with Gasteiger partial charge < -0.3 is 15.0 Å². The molecule has 0 bridgehead atoms. The minimum Gasteiger partial charge on any atom is -0.445 e. The van der Waals surface area contributed by atoms with E-state index in [-0.39, 0.29) is 12.3 Å². The van der Waals surface area contributed by atoms with Gasteiger partial charge in [-0.2, -0.15) is 0 Å². The highest BCUT2D eigenvalue weighted by Gasteiger charge is 2.33. The van der Waals surface area contributed by atoms with Gasteiger partial charge in [0.05, 0.1) is 10.5 Å². The largest absolute Gasteiger partial charge is 0.445 e. The van der Waals surface area contributed by atoms with E-state index >= 15 is 0 Å². The number of hydrogen-bond donors (Lipinski definition) is 1. The number of nitro benzene ring substituents is 1. The summed E-state index contributed by atoms with van der Waals surface area (Å²) in [5, 5.41) is 13.8. The molecule has 1 amide bonds. The van der Waals surface area contributed by atoms with Crippen LogP contribution in [0.5, 0.6) is 0 Å². The molecule has 1 fully saturated rings. The Morgan fingerprint density at radius 2 is 1.93 bits per heavy atom. The van der Waals surface area contributed by atoms with Crippen LogP contribution >= 0.6 is 0 Å². The first-order chi connectivity index (χ1) is 13.0. The van der Waals surface area contributed by atoms with Crippen molar-refractivity contribution >= 4 is 17.5 Å². The third-order valence-corrected chi connectivity index (χ3v) is 4.74. The van der Waals surface area contributed by atoms with Crippen molar-refractivity contribution in [3.05, 3.63) is 70.3 Å². The van der Waals surface area contributed by atoms with Crippen LogP contribution in [-0.4, -0.2) is 29.6 Å². The van der Waals surface area contributed by atoms with Crippen LogP contribution in [0.25, 0.3) is 0 Å². The van der Waals surface area contributed by atoms with Gasteiger partial charge in [0.15, 0.2) is 0 Å². The Hall–Kier alpha value is -3.09. The van der Waals surface area contributed by atoms with E-state index in [1.54, 1.807) is 12.1 Å². The summed E-state index contributed by atoms with van der Waals surface area (Å²) >= 11 is 0. The summed E-state index contributed by atoms with van der Waals surface area (Å²) in [6.07, 6.45) is 1.32. The van der Waals surface area contributed by atoms with Gasteiger partial charge in [-0.15, -0.1) is 0 Å². The predicted molar refractivity (Wildman–Crippen MR) is 103 cm³/mol. The molecule has 0 unspecified atom stereocenters. The van der Waals surface area contributed by atoms with Crippen molar-refractivity contribution in [1.82, 2.24) is 5.32 Å². The summed E-state index contributed by atoms with van der Waals surface area (Å²) in [4.78, 5) is 24.8. The van der Waals surface area contributed by atoms with Crippen LogP contribution in [0.15, 0.2) is 54.6 Å². The van der Waals surface area contributed by atoms with E-state index in [0.29, 0.717) is 6.54 Å². The van der Waals surface area contributed by atoms with E-state index < -0.39 is 16.6 Å². The zero-order valence-corrected chi connectivity index (χ0v) is 15.3. The number of hydrogen-bond acceptors (Lipinski definition) is 5. The van der Waals surface area contributed by atoms with E-state index in [1.165, 1.54) is 12.1 Å². The average Bonchev–Trinajstić information content (AvgIpc) is 2.67. The Balaban J connectivity index is 1.58. The smallest absolute Gasteiger partial charge is 0.407 e. The second kappa shape index (κ2) is 8.07. The zero-order chi connectivity index (χ0) is 19.3. The fraction of sp³-hybridized carbons (Fsp3) is 0.350. The van der Waals surface area contributed by atoms with Crippen LogP contribution in [-0.2, 0) is 11.3 Å². The van der Waals surface area contributed by atoms with Crippen LogP contribution < -0.4 is 10.2 Å². The molecule has 7 nitrogen and oxygen atoms in total. The lowest BCUT2D eigenvalue weighted by Gasteiger charge is -2.41. The first-order valence-electron chi connectivity index (χ1n) is 8.93. The molecule has 1 aliphatic heterocycles. The number of rotatable bonds is 5. The maximum absolute atomic E-state index is 12.2. The Labute approximate surface area is 158 Å². The number of nitrogens with one attached hydrogen (secondary N) is 1. The Kier molecular flexibility index (Phi) is 5.59. The molecule has 2 aromatic rings. The maximum Gasteiger partial charge on any atom is 0.407 e. The molecule has 142 valence electrons. The Bertz CT molecular complexity index is 795. The van der Waals surface area contributed by atoms with Gasteiger partial charge in [0.25, 0.3) is 5.69 Å². The molecule has 0 spiro atoms. The van der Waals surface area contributed by atoms with Crippen LogP contribution in [0, 0.1) is 10.1 Å². The summed E-state index contributed by atoms with van der Waals surface area (Å²) in [5.74, 6) is 0. The molecular formula is C20H23N3O4. The van der Waals surface area contributed by atoms with E-state index in [9.17, 15) is 14.9 Å². The minimum atomic E-state index is -0.438. The molecule has 0 aliphatic carbocycles. The fourth-order valence-electron chi connectivity index (χ4n) is 3.35. The molecule has 2 aromatic carbocycles. The van der Waals surface area contributed by atoms with Crippen LogP contribution in [0.2, 0.25) is 0 Å². The molecule has 0 aromatic heterocycles. The standard InChI is InChI=1S/C20H23N3O4/c1-20(21-19(24)27-14-16-6-3-2-4-7-16)12-5-13-22(15-20)17-8-10-18(11-9-17)23(25)26/h2-4,6-11H,5,12-15H2,1H3,(H,21,24)/t20-/m0/s1. The second-order valence-corrected chi connectivity index (χ2v) is 7.05. The molecule has 1 N–H and O–H groups in total. The lowest BCUT2D eigenvalue weighted by atomic mass is 9.91. The summed E-state index contributed by atoms with van der Waals surface area (Å²) < 4.78 is 5.34. The number of carbonyl (C=O) groups excluding carboxylic acids is 1. The predicted octanol–water partition coefficient (Wildman–Crippen LogP) is 3.88. The van der Waals surface area contributed by atoms with Crippen LogP contribution in [0.1, 0.15) is 25.3 Å². The number of nitro groups is 1. The van der Waals surface area contributed by atoms with E-state index in [4.69, 9.17) is 4.74 Å². The number of nitrogens with zero attached hydrogens (tertiary/aromatic N) is 2. The van der Waals surface area contributed by atoms with Crippen molar-refractivity contribution < 1.29 is 14.5 Å². The zero-order valence-electron chi connectivity index (χ0n) is 15.3. The van der Waals surface area contributed by atoms with Crippen molar-refractivity contribution in [2.75, 3.05) is 18.0 Å². The highest BCUT2D eigenvalue weighted by Crippen LogP contribution is 2.27. The SMILES string of the molecule is C[C@]1(NC(=O)OCc2ccccc2)CCCN(c2ccc([N+](=O)[O-])cc2)C1. The second-order valence-electron chi connectivity index (χ2n) is 7.05. The third kappa shape index (κ3) is 4.97. The van der Waals surface area contributed by atoms with Gasteiger partial charge in [0.1, 0.15) is 6.61 Å². The quantitative estimate of drug-likeness (QED) is 0.639. The van der Waals surface area contributed by atoms with Crippen LogP contribution in [0.4, 0.5) is 16.2 Å². The topological polar surface area (TPSA) is 84.7 Å². The average molecular weight is 369 g/mol. The van der Waals surface area contributed by atoms with Crippen molar-refractivity contribution in [2.45, 2.75) is 31.9 Å². The van der Waals surface area contributed by atoms with Crippen LogP contribution in [0.3, 0.4) is 0 Å².